The van der Waals surface area contributed by atoms with E-state index in [0.717, 1.165) is 12.1 Å². The molecule has 1 amide bonds. The Morgan fingerprint density at radius 3 is 2.15 bits per heavy atom. The number of amides is 1. The highest BCUT2D eigenvalue weighted by molar-refractivity contribution is 6.31. The van der Waals surface area contributed by atoms with E-state index in [1.165, 1.54) is 33.2 Å². The van der Waals surface area contributed by atoms with Gasteiger partial charge < -0.3 is 85.4 Å². The summed E-state index contributed by atoms with van der Waals surface area (Å²) in [5.74, 6) is -7.22. The van der Waals surface area contributed by atoms with Gasteiger partial charge in [-0.3, -0.25) is 14.4 Å². The molecule has 328 valence electrons. The number of aliphatic hydroxyl groups excluding tert-OH is 6. The molecule has 2 heterocycles. The fraction of sp³-hybridized carbons (Fsp3) is 0.450. The number of nitrogens with one attached hydrogen (secondary N) is 2. The van der Waals surface area contributed by atoms with Crippen molar-refractivity contribution in [2.24, 2.45) is 0 Å². The van der Waals surface area contributed by atoms with Crippen LogP contribution in [0.4, 0.5) is 0 Å². The van der Waals surface area contributed by atoms with E-state index in [4.69, 9.17) is 23.7 Å². The average molecular weight is 857 g/mol. The number of benzene rings is 3. The Morgan fingerprint density at radius 2 is 1.51 bits per heavy atom. The Hall–Kier alpha value is -5.30. The first-order valence-electron chi connectivity index (χ1n) is 18.9. The minimum absolute atomic E-state index is 0.00334. The molecular formula is C40H44N2O19. The van der Waals surface area contributed by atoms with Crippen molar-refractivity contribution in [3.63, 3.8) is 0 Å². The third kappa shape index (κ3) is 7.16. The number of carboxylic acid groups (broad SMARTS) is 1. The number of ketones is 2. The number of methoxy groups -OCH3 is 1. The number of phenolic OH excluding ortho intramolecular Hbond substituents is 3. The molecule has 7 rings (SSSR count). The van der Waals surface area contributed by atoms with Crippen LogP contribution in [-0.4, -0.2) is 163 Å². The Morgan fingerprint density at radius 1 is 0.852 bits per heavy atom. The lowest BCUT2D eigenvalue weighted by Gasteiger charge is -2.47. The number of aryl methyl sites for hydroxylation is 1. The van der Waals surface area contributed by atoms with E-state index in [2.05, 4.69) is 10.6 Å². The lowest BCUT2D eigenvalue weighted by Crippen LogP contribution is -2.65. The highest BCUT2D eigenvalue weighted by Crippen LogP contribution is 2.57. The van der Waals surface area contributed by atoms with E-state index >= 15 is 0 Å². The monoisotopic (exact) mass is 856 g/mol. The summed E-state index contributed by atoms with van der Waals surface area (Å²) < 4.78 is 29.1. The van der Waals surface area contributed by atoms with Crippen LogP contribution in [0, 0.1) is 6.92 Å². The van der Waals surface area contributed by atoms with Gasteiger partial charge in [0.25, 0.3) is 5.91 Å². The Bertz CT molecular complexity index is 2300. The molecule has 0 radical (unpaired) electrons. The number of hydrogen-bond acceptors (Lipinski definition) is 19. The molecule has 0 unspecified atom stereocenters. The molecule has 12 atom stereocenters. The summed E-state index contributed by atoms with van der Waals surface area (Å²) in [6, 6.07) is 1.88. The van der Waals surface area contributed by atoms with Gasteiger partial charge in [-0.15, -0.1) is 0 Å². The number of carboxylic acids is 1. The molecule has 0 saturated carbocycles. The summed E-state index contributed by atoms with van der Waals surface area (Å²) >= 11 is 0. The molecule has 21 heteroatoms. The molecule has 2 fully saturated rings. The number of rotatable bonds is 10. The first kappa shape index (κ1) is 43.8. The van der Waals surface area contributed by atoms with Crippen LogP contribution < -0.4 is 15.4 Å². The highest BCUT2D eigenvalue weighted by atomic mass is 16.8. The van der Waals surface area contributed by atoms with Crippen molar-refractivity contribution in [1.82, 2.24) is 10.6 Å². The third-order valence-electron chi connectivity index (χ3n) is 11.5. The van der Waals surface area contributed by atoms with Crippen molar-refractivity contribution in [2.45, 2.75) is 87.3 Å². The second kappa shape index (κ2) is 16.5. The molecule has 2 aliphatic carbocycles. The van der Waals surface area contributed by atoms with E-state index in [1.807, 2.05) is 0 Å². The van der Waals surface area contributed by atoms with Gasteiger partial charge in [0.15, 0.2) is 30.2 Å². The zero-order valence-electron chi connectivity index (χ0n) is 32.8. The van der Waals surface area contributed by atoms with Crippen molar-refractivity contribution >= 4 is 23.4 Å². The molecular weight excluding hydrogens is 812 g/mol. The molecule has 0 spiro atoms. The fourth-order valence-corrected chi connectivity index (χ4v) is 8.37. The van der Waals surface area contributed by atoms with E-state index < -0.39 is 161 Å². The topological polar surface area (TPSA) is 341 Å². The maximum absolute atomic E-state index is 14.1. The van der Waals surface area contributed by atoms with Gasteiger partial charge in [0.2, 0.25) is 0 Å². The first-order valence-corrected chi connectivity index (χ1v) is 18.9. The number of aliphatic carboxylic acids is 1. The number of likely N-dealkylation sites (N-methyl/N-ethyl adjacent to an activating group) is 1. The second-order valence-electron chi connectivity index (χ2n) is 15.1. The van der Waals surface area contributed by atoms with Crippen LogP contribution in [0.3, 0.4) is 0 Å². The number of aromatic hydroxyl groups is 3. The quantitative estimate of drug-likeness (QED) is 0.0851. The number of aliphatic hydroxyl groups is 6. The smallest absolute Gasteiger partial charge is 0.328 e. The van der Waals surface area contributed by atoms with E-state index in [-0.39, 0.29) is 28.0 Å². The molecule has 2 aliphatic heterocycles. The van der Waals surface area contributed by atoms with Crippen molar-refractivity contribution < 1.29 is 93.9 Å². The summed E-state index contributed by atoms with van der Waals surface area (Å²) in [6.07, 6.45) is -16.0. The van der Waals surface area contributed by atoms with Gasteiger partial charge in [-0.05, 0) is 49.7 Å². The molecule has 12 N–H and O–H groups in total. The SMILES string of the molecule is CN[C@@H]1[C@H](O)[C@@H](O[C@@H]2OC[C@@H](O)[C@H](O)[C@H]2O)[C@H](O[C@H]2c3cc(C)c(C(=O)N[C@@H](CO)C(=O)O)c(O)c3-c3c(cc4c(c3O)C(=O)c3cc(OC)cc(O)c3C4=O)[C@@H]2O)O[C@@H]1C. The molecule has 0 bridgehead atoms. The molecule has 3 aromatic carbocycles. The van der Waals surface area contributed by atoms with Crippen molar-refractivity contribution in [1.29, 1.82) is 0 Å². The largest absolute Gasteiger partial charge is 0.507 e. The van der Waals surface area contributed by atoms with Gasteiger partial charge in [-0.1, -0.05) is 6.07 Å². The summed E-state index contributed by atoms with van der Waals surface area (Å²) in [7, 11) is 2.77. The number of phenols is 3. The van der Waals surface area contributed by atoms with Gasteiger partial charge in [0.1, 0.15) is 65.7 Å². The zero-order chi connectivity index (χ0) is 44.5. The van der Waals surface area contributed by atoms with Crippen molar-refractivity contribution in [3.8, 4) is 34.1 Å². The van der Waals surface area contributed by atoms with Crippen molar-refractivity contribution in [3.05, 3.63) is 68.8 Å². The van der Waals surface area contributed by atoms with Crippen LogP contribution >= 0.6 is 0 Å². The van der Waals surface area contributed by atoms with Crippen LogP contribution in [0.2, 0.25) is 0 Å². The zero-order valence-corrected chi connectivity index (χ0v) is 32.8. The Labute approximate surface area is 345 Å². The predicted molar refractivity (Wildman–Crippen MR) is 202 cm³/mol. The summed E-state index contributed by atoms with van der Waals surface area (Å²) in [5, 5.41) is 114. The normalized spacial score (nSPS) is 29.8. The van der Waals surface area contributed by atoms with Gasteiger partial charge >= 0.3 is 5.97 Å². The molecule has 3 aromatic rings. The molecule has 61 heavy (non-hydrogen) atoms. The van der Waals surface area contributed by atoms with Crippen LogP contribution in [0.25, 0.3) is 11.1 Å². The Balaban J connectivity index is 1.41. The van der Waals surface area contributed by atoms with E-state index in [9.17, 15) is 70.2 Å². The number of hydrogen-bond donors (Lipinski definition) is 12. The van der Waals surface area contributed by atoms with Gasteiger partial charge in [-0.2, -0.15) is 0 Å². The molecule has 21 nitrogen and oxygen atoms in total. The number of carbonyl (C=O) groups excluding carboxylic acids is 3. The van der Waals surface area contributed by atoms with Gasteiger partial charge in [0.05, 0.1) is 49.2 Å². The lowest BCUT2D eigenvalue weighted by atomic mass is 9.74. The maximum atomic E-state index is 14.1. The minimum Gasteiger partial charge on any atom is -0.507 e. The second-order valence-corrected chi connectivity index (χ2v) is 15.1. The van der Waals surface area contributed by atoms with E-state index in [0.29, 0.717) is 0 Å². The third-order valence-corrected chi connectivity index (χ3v) is 11.5. The Kier molecular flexibility index (Phi) is 11.9. The van der Waals surface area contributed by atoms with Gasteiger partial charge in [-0.25, -0.2) is 4.79 Å². The number of carbonyl (C=O) groups is 4. The average Bonchev–Trinajstić information content (AvgIpc) is 3.21. The summed E-state index contributed by atoms with van der Waals surface area (Å²) in [5.41, 5.74) is -3.87. The van der Waals surface area contributed by atoms with Crippen LogP contribution in [0.5, 0.6) is 23.0 Å². The minimum atomic E-state index is -1.94. The van der Waals surface area contributed by atoms with Crippen molar-refractivity contribution in [2.75, 3.05) is 27.4 Å². The molecule has 2 saturated heterocycles. The number of fused-ring (bicyclic) bond motifs is 5. The summed E-state index contributed by atoms with van der Waals surface area (Å²) in [6.45, 7) is 1.40. The van der Waals surface area contributed by atoms with Crippen LogP contribution in [0.1, 0.15) is 78.0 Å². The van der Waals surface area contributed by atoms with E-state index in [1.54, 1.807) is 6.92 Å². The predicted octanol–water partition coefficient (Wildman–Crippen LogP) is -1.64. The standard InChI is InChI=1S/C40H44N2O19/c1-11-5-17-24(31(50)21(11)37(54)42-18(9-43)38(55)56)23-15(8-16-25(32(23)51)28(47)14-6-13(57-4)7-19(44)22(14)27(16)46)29(48)35(17)60-40-36(33(52)26(41-3)12(2)59-40)61-39-34(53)30(49)20(45)10-58-39/h5-8,12,18,20,26,29-30,33-36,39-41,43-45,48-53H,9-10H2,1-4H3,(H,42,54)(H,55,56)/t12-,18+,20-,26+,29+,30+,33+,34-,35+,36-,39+,40+/m1/s1. The van der Waals surface area contributed by atoms with Crippen LogP contribution in [-0.2, 0) is 23.7 Å². The highest BCUT2D eigenvalue weighted by Gasteiger charge is 2.51. The fourth-order valence-electron chi connectivity index (χ4n) is 8.37. The first-order chi connectivity index (χ1) is 28.9. The van der Waals surface area contributed by atoms with Crippen LogP contribution in [0.15, 0.2) is 24.3 Å². The molecule has 0 aromatic heterocycles. The maximum Gasteiger partial charge on any atom is 0.328 e. The van der Waals surface area contributed by atoms with Gasteiger partial charge in [0, 0.05) is 28.3 Å². The molecule has 4 aliphatic rings. The lowest BCUT2D eigenvalue weighted by molar-refractivity contribution is -0.353. The summed E-state index contributed by atoms with van der Waals surface area (Å²) in [4.78, 5) is 53.5. The number of ether oxygens (including phenoxy) is 5.